The molecule has 1 N–H and O–H groups in total. The van der Waals surface area contributed by atoms with E-state index >= 15 is 0 Å². The van der Waals surface area contributed by atoms with Crippen LogP contribution in [0.5, 0.6) is 0 Å². The van der Waals surface area contributed by atoms with Gasteiger partial charge < -0.3 is 16.9 Å². The lowest BCUT2D eigenvalue weighted by Crippen LogP contribution is -3.00. The normalized spacial score (nSPS) is 12.1. The Morgan fingerprint density at radius 2 is 1.90 bits per heavy atom. The van der Waals surface area contributed by atoms with Gasteiger partial charge in [-0.1, -0.05) is 30.3 Å². The molecule has 0 bridgehead atoms. The molecule has 20 heavy (non-hydrogen) atoms. The molecule has 1 rings (SSSR count). The number of benzene rings is 1. The highest BCUT2D eigenvalue weighted by atomic mass is 79.9. The highest BCUT2D eigenvalue weighted by molar-refractivity contribution is 9.12. The van der Waals surface area contributed by atoms with E-state index in [0.29, 0.717) is 11.0 Å². The number of carbonyl (C=O) groups excluding carboxylic acids is 1. The lowest BCUT2D eigenvalue weighted by Gasteiger charge is -2.21. The third kappa shape index (κ3) is 8.85. The number of hydrogen-bond acceptors (Lipinski definition) is 2. The van der Waals surface area contributed by atoms with Crippen LogP contribution in [0.2, 0.25) is 0 Å². The number of rotatable bonds is 5. The quantitative estimate of drug-likeness (QED) is 0.418. The summed E-state index contributed by atoms with van der Waals surface area (Å²) in [6.07, 6.45) is 3.50. The van der Waals surface area contributed by atoms with Crippen LogP contribution in [-0.4, -0.2) is 44.3 Å². The summed E-state index contributed by atoms with van der Waals surface area (Å²) in [5.74, 6) is -0.108. The van der Waals surface area contributed by atoms with Crippen molar-refractivity contribution in [2.45, 2.75) is 0 Å². The summed E-state index contributed by atoms with van der Waals surface area (Å²) in [5.41, 5.74) is 3.57. The number of nitrogens with one attached hydrogen (secondary N) is 1. The second-order valence-electron chi connectivity index (χ2n) is 5.18. The average molecular weight is 361 g/mol. The van der Waals surface area contributed by atoms with Crippen molar-refractivity contribution < 1.29 is 21.7 Å². The number of carbonyl (C=O) groups is 1. The molecule has 0 saturated carbocycles. The number of amides is 1. The van der Waals surface area contributed by atoms with Crippen LogP contribution in [0.3, 0.4) is 0 Å². The van der Waals surface area contributed by atoms with Crippen molar-refractivity contribution >= 4 is 34.1 Å². The molecular formula is C14H19BrClN3O. The molecule has 1 aromatic rings. The molecule has 0 radical (unpaired) electrons. The van der Waals surface area contributed by atoms with Crippen molar-refractivity contribution in [1.29, 1.82) is 0 Å². The third-order valence-electron chi connectivity index (χ3n) is 2.10. The highest BCUT2D eigenvalue weighted by Gasteiger charge is 2.12. The summed E-state index contributed by atoms with van der Waals surface area (Å²) in [6, 6.07) is 9.87. The Kier molecular flexibility index (Phi) is 8.37. The summed E-state index contributed by atoms with van der Waals surface area (Å²) in [5, 5.41) is 3.90. The highest BCUT2D eigenvalue weighted by Crippen LogP contribution is 2.09. The Bertz CT molecular complexity index is 481. The summed E-state index contributed by atoms with van der Waals surface area (Å²) in [7, 11) is 5.86. The van der Waals surface area contributed by atoms with Crippen molar-refractivity contribution in [3.05, 3.63) is 40.4 Å². The van der Waals surface area contributed by atoms with Gasteiger partial charge in [0.1, 0.15) is 0 Å². The van der Waals surface area contributed by atoms with Gasteiger partial charge in [0.2, 0.25) is 0 Å². The first-order chi connectivity index (χ1) is 8.87. The Hall–Kier alpha value is -1.17. The summed E-state index contributed by atoms with van der Waals surface area (Å²) < 4.78 is 1.37. The van der Waals surface area contributed by atoms with E-state index in [1.54, 1.807) is 6.21 Å². The second-order valence-corrected chi connectivity index (χ2v) is 6.10. The van der Waals surface area contributed by atoms with Crippen molar-refractivity contribution in [2.24, 2.45) is 5.10 Å². The molecule has 1 amide bonds. The minimum absolute atomic E-state index is 0. The van der Waals surface area contributed by atoms with Crippen LogP contribution in [0.1, 0.15) is 5.56 Å². The number of quaternary nitrogens is 1. The second kappa shape index (κ2) is 8.89. The summed E-state index contributed by atoms with van der Waals surface area (Å²) in [4.78, 5) is 11.5. The zero-order chi connectivity index (χ0) is 14.3. The van der Waals surface area contributed by atoms with Crippen LogP contribution >= 0.6 is 15.9 Å². The van der Waals surface area contributed by atoms with Gasteiger partial charge in [-0.25, -0.2) is 5.43 Å². The zero-order valence-electron chi connectivity index (χ0n) is 11.8. The number of allylic oxidation sites excluding steroid dienone is 1. The first kappa shape index (κ1) is 18.8. The molecule has 0 aliphatic rings. The van der Waals surface area contributed by atoms with Crippen molar-refractivity contribution in [1.82, 2.24) is 5.43 Å². The number of likely N-dealkylation sites (N-methyl/N-ethyl adjacent to an activating group) is 1. The predicted octanol–water partition coefficient (Wildman–Crippen LogP) is -0.765. The van der Waals surface area contributed by atoms with Gasteiger partial charge in [0, 0.05) is 4.48 Å². The molecule has 0 aromatic heterocycles. The molecule has 0 atom stereocenters. The van der Waals surface area contributed by atoms with Crippen molar-refractivity contribution in [3.8, 4) is 0 Å². The average Bonchev–Trinajstić information content (AvgIpc) is 2.27. The van der Waals surface area contributed by atoms with E-state index in [1.165, 1.54) is 0 Å². The molecule has 1 aromatic carbocycles. The van der Waals surface area contributed by atoms with E-state index in [-0.39, 0.29) is 18.3 Å². The molecule has 0 fully saturated rings. The SMILES string of the molecule is C[N+](C)(C)CC(=O)NN=CC(Br)=Cc1ccccc1.[Cl-]. The molecule has 0 spiro atoms. The van der Waals surface area contributed by atoms with E-state index in [1.807, 2.05) is 57.6 Å². The minimum atomic E-state index is -0.108. The first-order valence-electron chi connectivity index (χ1n) is 5.91. The van der Waals surface area contributed by atoms with Crippen LogP contribution in [0.15, 0.2) is 39.9 Å². The molecule has 0 aliphatic heterocycles. The van der Waals surface area contributed by atoms with Gasteiger partial charge >= 0.3 is 0 Å². The Labute approximate surface area is 134 Å². The maximum absolute atomic E-state index is 11.5. The zero-order valence-corrected chi connectivity index (χ0v) is 14.1. The fourth-order valence-corrected chi connectivity index (χ4v) is 1.74. The van der Waals surface area contributed by atoms with E-state index in [0.717, 1.165) is 10.0 Å². The lowest BCUT2D eigenvalue weighted by molar-refractivity contribution is -0.862. The van der Waals surface area contributed by atoms with Crippen molar-refractivity contribution in [3.63, 3.8) is 0 Å². The Balaban J connectivity index is 0.00000361. The molecule has 0 heterocycles. The monoisotopic (exact) mass is 359 g/mol. The van der Waals surface area contributed by atoms with E-state index in [9.17, 15) is 4.79 Å². The minimum Gasteiger partial charge on any atom is -1.00 e. The standard InChI is InChI=1S/C14H18BrN3O.ClH/c1-18(2,3)11-14(19)17-16-10-13(15)9-12-7-5-4-6-8-12;/h4-10H,11H2,1-3H3;1H. The molecule has 0 unspecified atom stereocenters. The molecule has 110 valence electrons. The van der Waals surface area contributed by atoms with Gasteiger partial charge in [0.15, 0.2) is 6.54 Å². The van der Waals surface area contributed by atoms with Crippen molar-refractivity contribution in [2.75, 3.05) is 27.7 Å². The Morgan fingerprint density at radius 3 is 2.45 bits per heavy atom. The Morgan fingerprint density at radius 1 is 1.30 bits per heavy atom. The van der Waals surface area contributed by atoms with Crippen LogP contribution < -0.4 is 17.8 Å². The smallest absolute Gasteiger partial charge is 0.295 e. The molecule has 4 nitrogen and oxygen atoms in total. The largest absolute Gasteiger partial charge is 1.00 e. The number of nitrogens with zero attached hydrogens (tertiary/aromatic N) is 2. The maximum atomic E-state index is 11.5. The van der Waals surface area contributed by atoms with Gasteiger partial charge in [0.25, 0.3) is 5.91 Å². The summed E-state index contributed by atoms with van der Waals surface area (Å²) in [6.45, 7) is 0.386. The summed E-state index contributed by atoms with van der Waals surface area (Å²) >= 11 is 3.38. The van der Waals surface area contributed by atoms with Gasteiger partial charge in [0.05, 0.1) is 27.4 Å². The lowest BCUT2D eigenvalue weighted by atomic mass is 10.2. The van der Waals surface area contributed by atoms with E-state index in [2.05, 4.69) is 26.5 Å². The van der Waals surface area contributed by atoms with Crippen LogP contribution in [0.25, 0.3) is 6.08 Å². The predicted molar refractivity (Wildman–Crippen MR) is 82.9 cm³/mol. The molecule has 6 heteroatoms. The number of halogens is 2. The number of hydrogen-bond donors (Lipinski definition) is 1. The number of hydrazone groups is 1. The maximum Gasteiger partial charge on any atom is 0.295 e. The van der Waals surface area contributed by atoms with E-state index < -0.39 is 0 Å². The fourth-order valence-electron chi connectivity index (χ4n) is 1.38. The molecule has 0 saturated heterocycles. The topological polar surface area (TPSA) is 41.5 Å². The van der Waals surface area contributed by atoms with Crippen LogP contribution in [0.4, 0.5) is 0 Å². The third-order valence-corrected chi connectivity index (χ3v) is 2.53. The first-order valence-corrected chi connectivity index (χ1v) is 6.71. The fraction of sp³-hybridized carbons (Fsp3) is 0.286. The molecule has 0 aliphatic carbocycles. The van der Waals surface area contributed by atoms with Gasteiger partial charge in [-0.3, -0.25) is 4.79 Å². The van der Waals surface area contributed by atoms with E-state index in [4.69, 9.17) is 0 Å². The molecular weight excluding hydrogens is 342 g/mol. The van der Waals surface area contributed by atoms with Gasteiger partial charge in [-0.2, -0.15) is 5.10 Å². The van der Waals surface area contributed by atoms with Gasteiger partial charge in [-0.05, 0) is 27.6 Å². The van der Waals surface area contributed by atoms with Gasteiger partial charge in [-0.15, -0.1) is 0 Å². The van der Waals surface area contributed by atoms with Crippen LogP contribution in [-0.2, 0) is 4.79 Å². The van der Waals surface area contributed by atoms with Crippen LogP contribution in [0, 0.1) is 0 Å².